The molecule has 1 saturated heterocycles. The van der Waals surface area contributed by atoms with E-state index < -0.39 is 5.97 Å². The summed E-state index contributed by atoms with van der Waals surface area (Å²) >= 11 is 0. The van der Waals surface area contributed by atoms with E-state index >= 15 is 0 Å². The molecule has 142 valence electrons. The van der Waals surface area contributed by atoms with E-state index in [-0.39, 0.29) is 5.69 Å². The summed E-state index contributed by atoms with van der Waals surface area (Å²) in [5.41, 5.74) is 2.82. The summed E-state index contributed by atoms with van der Waals surface area (Å²) in [6, 6.07) is 15.0. The van der Waals surface area contributed by atoms with Crippen LogP contribution in [0, 0.1) is 5.41 Å². The Morgan fingerprint density at radius 3 is 2.70 bits per heavy atom. The predicted octanol–water partition coefficient (Wildman–Crippen LogP) is 3.53. The molecule has 5 heteroatoms. The minimum Gasteiger partial charge on any atom is -0.477 e. The first-order chi connectivity index (χ1) is 13.0. The molecule has 2 aromatic rings. The van der Waals surface area contributed by atoms with Gasteiger partial charge in [-0.1, -0.05) is 37.3 Å². The average molecular weight is 365 g/mol. The summed E-state index contributed by atoms with van der Waals surface area (Å²) in [5.74, 6) is -0.304. The molecule has 1 aromatic carbocycles. The quantitative estimate of drug-likeness (QED) is 0.820. The smallest absolute Gasteiger partial charge is 0.354 e. The van der Waals surface area contributed by atoms with E-state index in [1.54, 1.807) is 12.3 Å². The second kappa shape index (κ2) is 7.31. The summed E-state index contributed by atoms with van der Waals surface area (Å²) in [6.07, 6.45) is 5.03. The van der Waals surface area contributed by atoms with Crippen molar-refractivity contribution in [2.75, 3.05) is 24.5 Å². The van der Waals surface area contributed by atoms with Crippen LogP contribution in [0.4, 0.5) is 5.69 Å². The van der Waals surface area contributed by atoms with Crippen molar-refractivity contribution in [2.24, 2.45) is 5.41 Å². The van der Waals surface area contributed by atoms with Gasteiger partial charge < -0.3 is 15.3 Å². The molecular formula is C22H27N3O2. The molecule has 2 heterocycles. The van der Waals surface area contributed by atoms with Crippen LogP contribution in [-0.4, -0.2) is 41.7 Å². The Hall–Kier alpha value is -2.40. The third kappa shape index (κ3) is 4.14. The van der Waals surface area contributed by atoms with Crippen LogP contribution < -0.4 is 10.2 Å². The number of hydrogen-bond donors (Lipinski definition) is 2. The molecule has 0 bridgehead atoms. The van der Waals surface area contributed by atoms with Gasteiger partial charge in [-0.2, -0.15) is 0 Å². The van der Waals surface area contributed by atoms with Crippen molar-refractivity contribution in [2.45, 2.75) is 38.1 Å². The average Bonchev–Trinajstić information content (AvgIpc) is 3.48. The topological polar surface area (TPSA) is 65.5 Å². The number of hydrogen-bond acceptors (Lipinski definition) is 4. The predicted molar refractivity (Wildman–Crippen MR) is 106 cm³/mol. The van der Waals surface area contributed by atoms with E-state index in [4.69, 9.17) is 5.11 Å². The van der Waals surface area contributed by atoms with E-state index in [0.29, 0.717) is 17.4 Å². The number of nitrogens with one attached hydrogen (secondary N) is 1. The number of piperidine rings is 1. The van der Waals surface area contributed by atoms with Crippen molar-refractivity contribution in [3.63, 3.8) is 0 Å². The first kappa shape index (κ1) is 18.0. The van der Waals surface area contributed by atoms with Crippen LogP contribution >= 0.6 is 0 Å². The lowest BCUT2D eigenvalue weighted by Gasteiger charge is -2.40. The number of carbonyl (C=O) groups is 1. The van der Waals surface area contributed by atoms with Gasteiger partial charge in [0.15, 0.2) is 0 Å². The van der Waals surface area contributed by atoms with Crippen molar-refractivity contribution < 1.29 is 9.90 Å². The number of aromatic nitrogens is 1. The van der Waals surface area contributed by atoms with Crippen molar-refractivity contribution >= 4 is 11.7 Å². The van der Waals surface area contributed by atoms with Crippen molar-refractivity contribution in [3.05, 3.63) is 59.9 Å². The van der Waals surface area contributed by atoms with Gasteiger partial charge in [0.1, 0.15) is 5.69 Å². The van der Waals surface area contributed by atoms with Crippen LogP contribution in [0.15, 0.2) is 48.7 Å². The van der Waals surface area contributed by atoms with Gasteiger partial charge in [-0.3, -0.25) is 0 Å². The van der Waals surface area contributed by atoms with E-state index in [0.717, 1.165) is 38.2 Å². The third-order valence-corrected chi connectivity index (χ3v) is 6.11. The van der Waals surface area contributed by atoms with Gasteiger partial charge >= 0.3 is 5.97 Å². The zero-order chi connectivity index (χ0) is 18.9. The third-order valence-electron chi connectivity index (χ3n) is 6.11. The molecule has 4 rings (SSSR count). The number of nitrogens with zero attached hydrogens (tertiary/aromatic N) is 2. The summed E-state index contributed by atoms with van der Waals surface area (Å²) in [6.45, 7) is 5.32. The van der Waals surface area contributed by atoms with Gasteiger partial charge in [0.05, 0.1) is 0 Å². The fourth-order valence-electron chi connectivity index (χ4n) is 4.08. The zero-order valence-electron chi connectivity index (χ0n) is 15.8. The molecule has 27 heavy (non-hydrogen) atoms. The first-order valence-corrected chi connectivity index (χ1v) is 9.77. The van der Waals surface area contributed by atoms with E-state index in [2.05, 4.69) is 52.5 Å². The highest BCUT2D eigenvalue weighted by molar-refractivity contribution is 5.86. The molecule has 2 N–H and O–H groups in total. The van der Waals surface area contributed by atoms with Gasteiger partial charge in [0.25, 0.3) is 0 Å². The number of carboxylic acid groups (broad SMARTS) is 1. The van der Waals surface area contributed by atoms with Crippen molar-refractivity contribution in [3.8, 4) is 0 Å². The molecular weight excluding hydrogens is 338 g/mol. The summed E-state index contributed by atoms with van der Waals surface area (Å²) in [4.78, 5) is 17.3. The molecule has 5 nitrogen and oxygen atoms in total. The highest BCUT2D eigenvalue weighted by Crippen LogP contribution is 2.41. The zero-order valence-corrected chi connectivity index (χ0v) is 15.8. The largest absolute Gasteiger partial charge is 0.477 e. The molecule has 1 aromatic heterocycles. The lowest BCUT2D eigenvalue weighted by atomic mass is 9.80. The Labute approximate surface area is 160 Å². The molecule has 2 aliphatic rings. The first-order valence-electron chi connectivity index (χ1n) is 9.77. The van der Waals surface area contributed by atoms with Gasteiger partial charge in [-0.05, 0) is 42.4 Å². The molecule has 1 aliphatic carbocycles. The van der Waals surface area contributed by atoms with Gasteiger partial charge in [-0.15, -0.1) is 0 Å². The van der Waals surface area contributed by atoms with Gasteiger partial charge in [0.2, 0.25) is 0 Å². The van der Waals surface area contributed by atoms with Crippen LogP contribution in [0.3, 0.4) is 0 Å². The lowest BCUT2D eigenvalue weighted by molar-refractivity contribution is 0.0690. The number of aromatic carboxylic acids is 1. The van der Waals surface area contributed by atoms with E-state index in [9.17, 15) is 4.79 Å². The number of benzene rings is 1. The maximum absolute atomic E-state index is 11.1. The minimum absolute atomic E-state index is 0.114. The van der Waals surface area contributed by atoms with Crippen LogP contribution in [-0.2, 0) is 0 Å². The lowest BCUT2D eigenvalue weighted by Crippen LogP contribution is -2.44. The van der Waals surface area contributed by atoms with Crippen LogP contribution in [0.2, 0.25) is 0 Å². The maximum atomic E-state index is 11.1. The SMILES string of the molecule is CC1(CN[C@@H]2C[C@H]2c2ccccc2)CCN(c2ccnc(C(=O)O)c2)CC1. The van der Waals surface area contributed by atoms with E-state index in [1.165, 1.54) is 12.0 Å². The molecule has 2 atom stereocenters. The fourth-order valence-corrected chi connectivity index (χ4v) is 4.08. The number of anilines is 1. The molecule has 0 radical (unpaired) electrons. The number of rotatable bonds is 6. The normalized spacial score (nSPS) is 23.8. The highest BCUT2D eigenvalue weighted by Gasteiger charge is 2.40. The minimum atomic E-state index is -0.972. The molecule has 0 amide bonds. The highest BCUT2D eigenvalue weighted by atomic mass is 16.4. The number of pyridine rings is 1. The van der Waals surface area contributed by atoms with Crippen LogP contribution in [0.5, 0.6) is 0 Å². The fraction of sp³-hybridized carbons (Fsp3) is 0.455. The summed E-state index contributed by atoms with van der Waals surface area (Å²) in [5, 5.41) is 12.9. The standard InChI is InChI=1S/C22H27N3O2/c1-22(15-24-19-14-18(19)16-5-3-2-4-6-16)8-11-25(12-9-22)17-7-10-23-20(13-17)21(26)27/h2-7,10,13,18-19,24H,8-9,11-12,14-15H2,1H3,(H,26,27)/t18-,19+/m0/s1. The monoisotopic (exact) mass is 365 g/mol. The van der Waals surface area contributed by atoms with Crippen molar-refractivity contribution in [1.82, 2.24) is 10.3 Å². The second-order valence-corrected chi connectivity index (χ2v) is 8.24. The summed E-state index contributed by atoms with van der Waals surface area (Å²) in [7, 11) is 0. The van der Waals surface area contributed by atoms with Gasteiger partial charge in [0, 0.05) is 43.5 Å². The Balaban J connectivity index is 1.28. The van der Waals surface area contributed by atoms with Gasteiger partial charge in [-0.25, -0.2) is 9.78 Å². The van der Waals surface area contributed by atoms with Crippen molar-refractivity contribution in [1.29, 1.82) is 0 Å². The number of carboxylic acids is 1. The maximum Gasteiger partial charge on any atom is 0.354 e. The Kier molecular flexibility index (Phi) is 4.87. The summed E-state index contributed by atoms with van der Waals surface area (Å²) < 4.78 is 0. The Morgan fingerprint density at radius 1 is 1.26 bits per heavy atom. The van der Waals surface area contributed by atoms with Crippen LogP contribution in [0.1, 0.15) is 48.2 Å². The van der Waals surface area contributed by atoms with E-state index in [1.807, 2.05) is 6.07 Å². The second-order valence-electron chi connectivity index (χ2n) is 8.24. The molecule has 0 unspecified atom stereocenters. The Morgan fingerprint density at radius 2 is 2.00 bits per heavy atom. The molecule has 2 fully saturated rings. The van der Waals surface area contributed by atoms with Crippen LogP contribution in [0.25, 0.3) is 0 Å². The molecule has 0 spiro atoms. The Bertz CT molecular complexity index is 800. The molecule has 1 aliphatic heterocycles. The molecule has 1 saturated carbocycles.